The Morgan fingerprint density at radius 1 is 1.20 bits per heavy atom. The van der Waals surface area contributed by atoms with Crippen molar-refractivity contribution in [2.24, 2.45) is 11.8 Å². The third-order valence-corrected chi connectivity index (χ3v) is 7.38. The predicted octanol–water partition coefficient (Wildman–Crippen LogP) is 4.39. The van der Waals surface area contributed by atoms with Gasteiger partial charge in [0.25, 0.3) is 12.2 Å². The first kappa shape index (κ1) is 26.0. The number of aromatic amines is 1. The average molecular weight is 548 g/mol. The molecule has 2 fully saturated rings. The summed E-state index contributed by atoms with van der Waals surface area (Å²) >= 11 is 0. The molecule has 2 atom stereocenters. The lowest BCUT2D eigenvalue weighted by Gasteiger charge is -2.32. The van der Waals surface area contributed by atoms with Gasteiger partial charge in [-0.05, 0) is 56.6 Å². The molecule has 3 aliphatic rings. The normalized spacial score (nSPS) is 20.4. The van der Waals surface area contributed by atoms with Crippen LogP contribution < -0.4 is 10.1 Å². The highest BCUT2D eigenvalue weighted by molar-refractivity contribution is 6.06. The van der Waals surface area contributed by atoms with Gasteiger partial charge >= 0.3 is 6.09 Å². The number of ether oxygens (including phenoxy) is 4. The van der Waals surface area contributed by atoms with Crippen molar-refractivity contribution in [3.63, 3.8) is 0 Å². The van der Waals surface area contributed by atoms with Crippen molar-refractivity contribution < 1.29 is 28.5 Å². The van der Waals surface area contributed by atoms with E-state index in [9.17, 15) is 9.59 Å². The third kappa shape index (κ3) is 5.68. The van der Waals surface area contributed by atoms with Crippen LogP contribution in [0, 0.1) is 11.8 Å². The minimum Gasteiger partial charge on any atom is -0.493 e. The molecule has 0 radical (unpaired) electrons. The van der Waals surface area contributed by atoms with Crippen LogP contribution in [0.5, 0.6) is 5.75 Å². The van der Waals surface area contributed by atoms with E-state index in [-0.39, 0.29) is 17.9 Å². The number of rotatable bonds is 9. The molecule has 210 valence electrons. The van der Waals surface area contributed by atoms with Crippen LogP contribution in [-0.4, -0.2) is 64.7 Å². The van der Waals surface area contributed by atoms with E-state index in [0.29, 0.717) is 60.2 Å². The van der Waals surface area contributed by atoms with E-state index in [1.54, 1.807) is 18.0 Å². The standard InChI is InChI=1S/C29H33N5O6/c1-2-37-29(36)34-10-4-5-19(14-34)12-31-27(35)22-13-30-26-24(22)32-17-33-25(26)23-16-39-28(40-23)20-6-3-7-21(11-20)38-15-18-8-9-18/h3,6-7,11,13,16-19,28,30H,2,4-5,8-10,12,14-15H2,1H3,(H,31,35). The fourth-order valence-corrected chi connectivity index (χ4v) is 5.05. The van der Waals surface area contributed by atoms with Gasteiger partial charge in [0.05, 0.1) is 24.3 Å². The van der Waals surface area contributed by atoms with Gasteiger partial charge in [-0.25, -0.2) is 14.8 Å². The van der Waals surface area contributed by atoms with Crippen LogP contribution in [0.1, 0.15) is 60.5 Å². The molecule has 1 aliphatic carbocycles. The van der Waals surface area contributed by atoms with E-state index in [0.717, 1.165) is 30.8 Å². The molecule has 2 N–H and O–H groups in total. The van der Waals surface area contributed by atoms with Gasteiger partial charge in [-0.2, -0.15) is 0 Å². The van der Waals surface area contributed by atoms with Crippen molar-refractivity contribution in [3.8, 4) is 5.75 Å². The second kappa shape index (κ2) is 11.4. The van der Waals surface area contributed by atoms with Crippen molar-refractivity contribution in [1.82, 2.24) is 25.2 Å². The van der Waals surface area contributed by atoms with Gasteiger partial charge in [0.2, 0.25) is 0 Å². The summed E-state index contributed by atoms with van der Waals surface area (Å²) < 4.78 is 22.9. The van der Waals surface area contributed by atoms with Crippen LogP contribution in [0.15, 0.2) is 43.1 Å². The Morgan fingerprint density at radius 3 is 2.95 bits per heavy atom. The van der Waals surface area contributed by atoms with Gasteiger partial charge < -0.3 is 34.1 Å². The quantitative estimate of drug-likeness (QED) is 0.404. The van der Waals surface area contributed by atoms with E-state index in [1.165, 1.54) is 25.4 Å². The highest BCUT2D eigenvalue weighted by atomic mass is 16.7. The maximum Gasteiger partial charge on any atom is 0.409 e. The van der Waals surface area contributed by atoms with Crippen LogP contribution in [0.2, 0.25) is 0 Å². The predicted molar refractivity (Wildman–Crippen MR) is 145 cm³/mol. The Morgan fingerprint density at radius 2 is 2.10 bits per heavy atom. The lowest BCUT2D eigenvalue weighted by atomic mass is 9.98. The number of benzene rings is 1. The number of nitrogens with zero attached hydrogens (tertiary/aromatic N) is 3. The summed E-state index contributed by atoms with van der Waals surface area (Å²) in [5, 5.41) is 3.00. The maximum atomic E-state index is 13.1. The van der Waals surface area contributed by atoms with Crippen LogP contribution in [0.25, 0.3) is 16.8 Å². The SMILES string of the molecule is CCOC(=O)N1CCCC(CNC(=O)c2c[nH]c3c(C4=COC(c5cccc(OCC6CC6)c5)O4)ncnc23)C1. The molecule has 11 heteroatoms. The molecule has 0 spiro atoms. The molecule has 2 amide bonds. The maximum absolute atomic E-state index is 13.1. The number of amides is 2. The molecule has 1 saturated carbocycles. The van der Waals surface area contributed by atoms with Gasteiger partial charge in [0, 0.05) is 31.4 Å². The van der Waals surface area contributed by atoms with Gasteiger partial charge in [0.1, 0.15) is 29.5 Å². The highest BCUT2D eigenvalue weighted by Crippen LogP contribution is 2.36. The summed E-state index contributed by atoms with van der Waals surface area (Å²) in [6.07, 6.45) is 7.89. The molecule has 11 nitrogen and oxygen atoms in total. The fraction of sp³-hybridized carbons (Fsp3) is 0.448. The zero-order valence-corrected chi connectivity index (χ0v) is 22.4. The zero-order chi connectivity index (χ0) is 27.5. The minimum atomic E-state index is -0.633. The fourth-order valence-electron chi connectivity index (χ4n) is 5.05. The van der Waals surface area contributed by atoms with E-state index >= 15 is 0 Å². The largest absolute Gasteiger partial charge is 0.493 e. The molecule has 40 heavy (non-hydrogen) atoms. The monoisotopic (exact) mass is 547 g/mol. The first-order chi connectivity index (χ1) is 19.6. The number of nitrogens with one attached hydrogen (secondary N) is 2. The molecular formula is C29H33N5O6. The molecule has 3 aromatic rings. The van der Waals surface area contributed by atoms with Crippen molar-refractivity contribution in [2.45, 2.75) is 38.9 Å². The Kier molecular flexibility index (Phi) is 7.43. The summed E-state index contributed by atoms with van der Waals surface area (Å²) in [5.41, 5.74) is 2.82. The van der Waals surface area contributed by atoms with Gasteiger partial charge in [-0.1, -0.05) is 12.1 Å². The number of piperidine rings is 1. The average Bonchev–Trinajstić information content (AvgIpc) is 3.50. The van der Waals surface area contributed by atoms with Gasteiger partial charge in [-0.15, -0.1) is 0 Å². The molecule has 1 saturated heterocycles. The summed E-state index contributed by atoms with van der Waals surface area (Å²) in [6, 6.07) is 7.70. The van der Waals surface area contributed by atoms with E-state index < -0.39 is 6.29 Å². The summed E-state index contributed by atoms with van der Waals surface area (Å²) in [7, 11) is 0. The number of hydrogen-bond acceptors (Lipinski definition) is 8. The summed E-state index contributed by atoms with van der Waals surface area (Å²) in [4.78, 5) is 38.8. The van der Waals surface area contributed by atoms with Gasteiger partial charge in [-0.3, -0.25) is 4.79 Å². The number of fused-ring (bicyclic) bond motifs is 1. The molecule has 2 unspecified atom stereocenters. The summed E-state index contributed by atoms with van der Waals surface area (Å²) in [5.74, 6) is 1.80. The molecule has 4 heterocycles. The highest BCUT2D eigenvalue weighted by Gasteiger charge is 2.28. The molecule has 2 aromatic heterocycles. The second-order valence-electron chi connectivity index (χ2n) is 10.4. The lowest BCUT2D eigenvalue weighted by molar-refractivity contribution is -0.0173. The first-order valence-electron chi connectivity index (χ1n) is 13.9. The number of carbonyl (C=O) groups is 2. The molecule has 1 aromatic carbocycles. The van der Waals surface area contributed by atoms with Crippen LogP contribution >= 0.6 is 0 Å². The zero-order valence-electron chi connectivity index (χ0n) is 22.4. The minimum absolute atomic E-state index is 0.154. The molecule has 0 bridgehead atoms. The topological polar surface area (TPSA) is 128 Å². The van der Waals surface area contributed by atoms with Crippen LogP contribution in [0.4, 0.5) is 4.79 Å². The van der Waals surface area contributed by atoms with Crippen molar-refractivity contribution >= 4 is 28.8 Å². The van der Waals surface area contributed by atoms with Gasteiger partial charge in [0.15, 0.2) is 5.76 Å². The molecular weight excluding hydrogens is 514 g/mol. The Balaban J connectivity index is 1.09. The van der Waals surface area contributed by atoms with Crippen LogP contribution in [0.3, 0.4) is 0 Å². The number of carbonyl (C=O) groups excluding carboxylic acids is 2. The van der Waals surface area contributed by atoms with E-state index in [4.69, 9.17) is 18.9 Å². The Bertz CT molecular complexity index is 1420. The number of likely N-dealkylation sites (tertiary alicyclic amines) is 1. The lowest BCUT2D eigenvalue weighted by Crippen LogP contribution is -2.43. The van der Waals surface area contributed by atoms with Crippen LogP contribution in [-0.2, 0) is 14.2 Å². The second-order valence-corrected chi connectivity index (χ2v) is 10.4. The summed E-state index contributed by atoms with van der Waals surface area (Å²) in [6.45, 7) is 4.55. The van der Waals surface area contributed by atoms with E-state index in [1.807, 2.05) is 24.3 Å². The Labute approximate surface area is 231 Å². The van der Waals surface area contributed by atoms with E-state index in [2.05, 4.69) is 20.3 Å². The number of hydrogen-bond donors (Lipinski definition) is 2. The third-order valence-electron chi connectivity index (χ3n) is 7.38. The Hall–Kier alpha value is -4.28. The number of aromatic nitrogens is 3. The smallest absolute Gasteiger partial charge is 0.409 e. The number of H-pyrrole nitrogens is 1. The van der Waals surface area contributed by atoms with Crippen molar-refractivity contribution in [1.29, 1.82) is 0 Å². The molecule has 2 aliphatic heterocycles. The molecule has 6 rings (SSSR count). The van der Waals surface area contributed by atoms with Crippen molar-refractivity contribution in [2.75, 3.05) is 32.8 Å². The first-order valence-corrected chi connectivity index (χ1v) is 13.9. The van der Waals surface area contributed by atoms with Crippen molar-refractivity contribution in [3.05, 3.63) is 59.9 Å².